The molecule has 1 unspecified atom stereocenters. The summed E-state index contributed by atoms with van der Waals surface area (Å²) >= 11 is 3.73. The van der Waals surface area contributed by atoms with E-state index in [2.05, 4.69) is 61.1 Å². The second-order valence-corrected chi connectivity index (χ2v) is 8.02. The van der Waals surface area contributed by atoms with Crippen molar-refractivity contribution in [3.63, 3.8) is 0 Å². The topological polar surface area (TPSA) is 49.7 Å². The molecule has 5 nitrogen and oxygen atoms in total. The summed E-state index contributed by atoms with van der Waals surface area (Å²) in [6.45, 7) is 2.07. The van der Waals surface area contributed by atoms with Gasteiger partial charge in [-0.1, -0.05) is 12.1 Å². The fourth-order valence-corrected chi connectivity index (χ4v) is 5.39. The Labute approximate surface area is 149 Å². The zero-order valence-corrected chi connectivity index (χ0v) is 15.2. The second-order valence-electron chi connectivity index (χ2n) is 7.22. The maximum Gasteiger partial charge on any atom is 0.137 e. The molecular weight excluding hydrogens is 366 g/mol. The number of rotatable bonds is 2. The predicted octanol–water partition coefficient (Wildman–Crippen LogP) is 3.18. The quantitative estimate of drug-likeness (QED) is 0.736. The smallest absolute Gasteiger partial charge is 0.137 e. The maximum absolute atomic E-state index is 4.29. The normalized spacial score (nSPS) is 26.7. The minimum Gasteiger partial charge on any atom is -0.349 e. The first-order valence-corrected chi connectivity index (χ1v) is 9.31. The molecule has 6 heteroatoms. The van der Waals surface area contributed by atoms with Crippen LogP contribution in [0.3, 0.4) is 0 Å². The lowest BCUT2D eigenvalue weighted by atomic mass is 9.72. The van der Waals surface area contributed by atoms with Gasteiger partial charge in [0.25, 0.3) is 0 Å². The molecule has 0 spiro atoms. The molecule has 0 amide bonds. The number of fused-ring (bicyclic) bond motifs is 2. The van der Waals surface area contributed by atoms with Gasteiger partial charge in [-0.15, -0.1) is 0 Å². The van der Waals surface area contributed by atoms with Crippen LogP contribution in [0.15, 0.2) is 35.5 Å². The van der Waals surface area contributed by atoms with E-state index in [1.807, 2.05) is 11.0 Å². The number of likely N-dealkylation sites (tertiary alicyclic amines) is 1. The summed E-state index contributed by atoms with van der Waals surface area (Å²) < 4.78 is 3.13. The summed E-state index contributed by atoms with van der Waals surface area (Å²) in [6.07, 6.45) is 5.79. The highest BCUT2D eigenvalue weighted by atomic mass is 79.9. The van der Waals surface area contributed by atoms with Gasteiger partial charge < -0.3 is 9.88 Å². The Bertz CT molecular complexity index is 884. The van der Waals surface area contributed by atoms with Gasteiger partial charge in [0.15, 0.2) is 0 Å². The highest BCUT2D eigenvalue weighted by Gasteiger charge is 2.40. The number of hydrogen-bond acceptors (Lipinski definition) is 3. The first-order chi connectivity index (χ1) is 11.7. The van der Waals surface area contributed by atoms with Gasteiger partial charge in [-0.25, -0.2) is 4.98 Å². The Morgan fingerprint density at radius 1 is 1.38 bits per heavy atom. The minimum atomic E-state index is 0.585. The van der Waals surface area contributed by atoms with Crippen LogP contribution in [0.25, 0.3) is 10.9 Å². The lowest BCUT2D eigenvalue weighted by molar-refractivity contribution is 0.101. The van der Waals surface area contributed by atoms with Crippen LogP contribution in [0.2, 0.25) is 0 Å². The third kappa shape index (κ3) is 2.16. The molecule has 2 aromatic heterocycles. The second kappa shape index (κ2) is 5.43. The van der Waals surface area contributed by atoms with Gasteiger partial charge in [0.1, 0.15) is 12.7 Å². The Morgan fingerprint density at radius 2 is 2.29 bits per heavy atom. The molecular formula is C18H20BrN5. The number of aromatic amines is 1. The van der Waals surface area contributed by atoms with Gasteiger partial charge in [0.2, 0.25) is 0 Å². The van der Waals surface area contributed by atoms with Crippen molar-refractivity contribution in [2.45, 2.75) is 31.3 Å². The molecule has 1 saturated heterocycles. The molecule has 0 saturated carbocycles. The van der Waals surface area contributed by atoms with E-state index in [1.54, 1.807) is 6.33 Å². The van der Waals surface area contributed by atoms with Gasteiger partial charge in [0.05, 0.1) is 4.60 Å². The van der Waals surface area contributed by atoms with Crippen molar-refractivity contribution in [1.29, 1.82) is 0 Å². The molecule has 5 rings (SSSR count). The van der Waals surface area contributed by atoms with E-state index in [4.69, 9.17) is 0 Å². The van der Waals surface area contributed by atoms with E-state index in [0.717, 1.165) is 24.1 Å². The molecule has 1 fully saturated rings. The largest absolute Gasteiger partial charge is 0.349 e. The zero-order valence-electron chi connectivity index (χ0n) is 13.6. The summed E-state index contributed by atoms with van der Waals surface area (Å²) in [4.78, 5) is 10.1. The first kappa shape index (κ1) is 14.7. The summed E-state index contributed by atoms with van der Waals surface area (Å²) in [5.41, 5.74) is 4.22. The van der Waals surface area contributed by atoms with Gasteiger partial charge >= 0.3 is 0 Å². The number of hydrogen-bond donors (Lipinski definition) is 1. The number of nitrogens with zero attached hydrogens (tertiary/aromatic N) is 4. The molecule has 2 aliphatic rings. The Kier molecular flexibility index (Phi) is 3.31. The van der Waals surface area contributed by atoms with Crippen LogP contribution in [0.4, 0.5) is 0 Å². The van der Waals surface area contributed by atoms with Crippen molar-refractivity contribution < 1.29 is 0 Å². The fraction of sp³-hybridized carbons (Fsp3) is 0.444. The molecule has 3 heterocycles. The van der Waals surface area contributed by atoms with Crippen LogP contribution in [0, 0.1) is 5.92 Å². The molecule has 1 N–H and O–H groups in total. The van der Waals surface area contributed by atoms with Crippen molar-refractivity contribution in [2.75, 3.05) is 13.6 Å². The minimum absolute atomic E-state index is 0.585. The van der Waals surface area contributed by atoms with Crippen molar-refractivity contribution in [2.24, 2.45) is 5.92 Å². The number of halogens is 1. The predicted molar refractivity (Wildman–Crippen MR) is 97.0 cm³/mol. The summed E-state index contributed by atoms with van der Waals surface area (Å²) in [7, 11) is 2.27. The van der Waals surface area contributed by atoms with Crippen LogP contribution in [-0.4, -0.2) is 44.3 Å². The van der Waals surface area contributed by atoms with E-state index in [0.29, 0.717) is 17.9 Å². The molecule has 1 aromatic carbocycles. The number of piperidine rings is 1. The van der Waals surface area contributed by atoms with E-state index >= 15 is 0 Å². The summed E-state index contributed by atoms with van der Waals surface area (Å²) in [6, 6.07) is 7.29. The van der Waals surface area contributed by atoms with E-state index in [-0.39, 0.29) is 0 Å². The lowest BCUT2D eigenvalue weighted by Crippen LogP contribution is -2.48. The van der Waals surface area contributed by atoms with Crippen LogP contribution in [-0.2, 0) is 13.0 Å². The van der Waals surface area contributed by atoms with Gasteiger partial charge in [-0.05, 0) is 58.9 Å². The molecule has 3 aromatic rings. The molecule has 124 valence electrons. The third-order valence-electron chi connectivity index (χ3n) is 5.80. The van der Waals surface area contributed by atoms with Crippen LogP contribution >= 0.6 is 15.9 Å². The van der Waals surface area contributed by atoms with Crippen LogP contribution < -0.4 is 0 Å². The Balaban J connectivity index is 1.54. The van der Waals surface area contributed by atoms with Crippen molar-refractivity contribution in [3.8, 4) is 0 Å². The molecule has 1 aliphatic heterocycles. The number of benzene rings is 1. The van der Waals surface area contributed by atoms with Crippen molar-refractivity contribution in [1.82, 2.24) is 24.6 Å². The van der Waals surface area contributed by atoms with Crippen molar-refractivity contribution in [3.05, 3.63) is 46.6 Å². The first-order valence-electron chi connectivity index (χ1n) is 8.52. The fourth-order valence-electron chi connectivity index (χ4n) is 4.82. The lowest BCUT2D eigenvalue weighted by Gasteiger charge is -2.45. The van der Waals surface area contributed by atoms with Crippen molar-refractivity contribution >= 4 is 26.8 Å². The standard InChI is InChI=1S/C18H20BrN5/c1-23-7-11(8-24-10-20-9-21-24)5-13-12-3-2-4-15-17(12)14(6-16(13)23)18(19)22-15/h2-4,9-11,13,16,22H,5-8H2,1H3/t11-,13?,16+/m0/s1. The highest BCUT2D eigenvalue weighted by molar-refractivity contribution is 9.10. The molecule has 0 radical (unpaired) electrons. The Morgan fingerprint density at radius 3 is 3.12 bits per heavy atom. The van der Waals surface area contributed by atoms with E-state index in [1.165, 1.54) is 28.5 Å². The van der Waals surface area contributed by atoms with E-state index < -0.39 is 0 Å². The van der Waals surface area contributed by atoms with Gasteiger partial charge in [-0.3, -0.25) is 4.68 Å². The number of H-pyrrole nitrogens is 1. The maximum atomic E-state index is 4.29. The average molecular weight is 386 g/mol. The molecule has 3 atom stereocenters. The molecule has 1 aliphatic carbocycles. The van der Waals surface area contributed by atoms with Gasteiger partial charge in [0, 0.05) is 36.0 Å². The van der Waals surface area contributed by atoms with Crippen LogP contribution in [0.5, 0.6) is 0 Å². The highest BCUT2D eigenvalue weighted by Crippen LogP contribution is 2.46. The molecule has 0 bridgehead atoms. The van der Waals surface area contributed by atoms with Gasteiger partial charge in [-0.2, -0.15) is 5.10 Å². The third-order valence-corrected chi connectivity index (χ3v) is 6.47. The zero-order chi connectivity index (χ0) is 16.3. The summed E-state index contributed by atoms with van der Waals surface area (Å²) in [5.74, 6) is 1.20. The summed E-state index contributed by atoms with van der Waals surface area (Å²) in [5, 5.41) is 5.74. The number of aromatic nitrogens is 4. The monoisotopic (exact) mass is 385 g/mol. The number of nitrogens with one attached hydrogen (secondary N) is 1. The SMILES string of the molecule is CN1C[C@@H](Cn2cncn2)CC2c3cccc4[nH]c(Br)c(c34)C[C@H]21. The van der Waals surface area contributed by atoms with E-state index in [9.17, 15) is 0 Å². The average Bonchev–Trinajstić information content (AvgIpc) is 3.18. The Hall–Kier alpha value is -1.66. The molecule has 24 heavy (non-hydrogen) atoms. The number of likely N-dealkylation sites (N-methyl/N-ethyl adjacent to an activating group) is 1. The van der Waals surface area contributed by atoms with Crippen LogP contribution in [0.1, 0.15) is 23.5 Å².